The summed E-state index contributed by atoms with van der Waals surface area (Å²) >= 11 is 0. The number of fused-ring (bicyclic) bond motifs is 1. The number of likely N-dealkylation sites (N-methyl/N-ethyl adjacent to an activating group) is 1. The molecule has 0 amide bonds. The van der Waals surface area contributed by atoms with Crippen molar-refractivity contribution in [2.24, 2.45) is 0 Å². The number of pyridine rings is 1. The molecule has 1 aliphatic rings. The first-order chi connectivity index (χ1) is 10.2. The zero-order chi connectivity index (χ0) is 14.7. The normalized spacial score (nSPS) is 18.0. The van der Waals surface area contributed by atoms with Crippen LogP contribution >= 0.6 is 0 Å². The zero-order valence-corrected chi connectivity index (χ0v) is 12.2. The van der Waals surface area contributed by atoms with Gasteiger partial charge in [-0.25, -0.2) is 4.98 Å². The highest BCUT2D eigenvalue weighted by molar-refractivity contribution is 5.88. The van der Waals surface area contributed by atoms with E-state index in [4.69, 9.17) is 9.15 Å². The Labute approximate surface area is 123 Å². The molecule has 0 spiro atoms. The summed E-state index contributed by atoms with van der Waals surface area (Å²) in [6.45, 7) is 4.47. The number of morpholine rings is 1. The maximum atomic E-state index is 10.3. The van der Waals surface area contributed by atoms with Gasteiger partial charge in [-0.3, -0.25) is 4.90 Å². The van der Waals surface area contributed by atoms with E-state index in [-0.39, 0.29) is 0 Å². The van der Waals surface area contributed by atoms with Crippen LogP contribution in [-0.2, 0) is 4.74 Å². The number of aliphatic hydroxyl groups excluding tert-OH is 1. The second-order valence-electron chi connectivity index (χ2n) is 5.41. The Balaban J connectivity index is 1.62. The van der Waals surface area contributed by atoms with Gasteiger partial charge in [-0.15, -0.1) is 0 Å². The monoisotopic (exact) mass is 291 g/mol. The molecule has 1 atom stereocenters. The number of aliphatic hydroxyl groups is 1. The Bertz CT molecular complexity index is 580. The van der Waals surface area contributed by atoms with Crippen molar-refractivity contribution in [3.05, 3.63) is 24.6 Å². The number of nitrogens with zero attached hydrogens (tertiary/aromatic N) is 3. The first-order valence-electron chi connectivity index (χ1n) is 7.25. The van der Waals surface area contributed by atoms with E-state index >= 15 is 0 Å². The van der Waals surface area contributed by atoms with Crippen LogP contribution in [0, 0.1) is 0 Å². The van der Waals surface area contributed by atoms with Crippen LogP contribution in [0.25, 0.3) is 11.0 Å². The molecule has 0 radical (unpaired) electrons. The number of rotatable bonds is 5. The van der Waals surface area contributed by atoms with Gasteiger partial charge in [-0.2, -0.15) is 0 Å². The van der Waals surface area contributed by atoms with Gasteiger partial charge in [0.05, 0.1) is 31.0 Å². The number of hydrogen-bond acceptors (Lipinski definition) is 6. The van der Waals surface area contributed by atoms with Gasteiger partial charge in [0.2, 0.25) is 0 Å². The van der Waals surface area contributed by atoms with E-state index in [1.165, 1.54) is 0 Å². The predicted octanol–water partition coefficient (Wildman–Crippen LogP) is 0.957. The van der Waals surface area contributed by atoms with Crippen LogP contribution in [0.2, 0.25) is 0 Å². The van der Waals surface area contributed by atoms with Gasteiger partial charge in [0.15, 0.2) is 0 Å². The van der Waals surface area contributed by atoms with Crippen LogP contribution in [0.15, 0.2) is 29.0 Å². The molecular weight excluding hydrogens is 270 g/mol. The number of anilines is 1. The van der Waals surface area contributed by atoms with Crippen LogP contribution in [0.1, 0.15) is 0 Å². The molecule has 114 valence electrons. The third-order valence-electron chi connectivity index (χ3n) is 3.78. The van der Waals surface area contributed by atoms with E-state index in [0.29, 0.717) is 13.1 Å². The maximum absolute atomic E-state index is 10.3. The van der Waals surface area contributed by atoms with Crippen molar-refractivity contribution in [2.45, 2.75) is 6.10 Å². The molecule has 1 aliphatic heterocycles. The highest BCUT2D eigenvalue weighted by atomic mass is 16.5. The minimum absolute atomic E-state index is 0.419. The van der Waals surface area contributed by atoms with Crippen molar-refractivity contribution in [1.29, 1.82) is 0 Å². The van der Waals surface area contributed by atoms with Crippen molar-refractivity contribution in [3.8, 4) is 0 Å². The summed E-state index contributed by atoms with van der Waals surface area (Å²) in [5.74, 6) is 0.835. The maximum Gasteiger partial charge on any atom is 0.139 e. The zero-order valence-electron chi connectivity index (χ0n) is 12.2. The lowest BCUT2D eigenvalue weighted by Gasteiger charge is -2.30. The molecule has 1 fully saturated rings. The average Bonchev–Trinajstić information content (AvgIpc) is 2.96. The lowest BCUT2D eigenvalue weighted by molar-refractivity contribution is 0.0162. The summed E-state index contributed by atoms with van der Waals surface area (Å²) in [7, 11) is 1.94. The van der Waals surface area contributed by atoms with E-state index in [9.17, 15) is 5.11 Å². The molecule has 0 aliphatic carbocycles. The molecule has 1 saturated heterocycles. The second kappa shape index (κ2) is 6.43. The lowest BCUT2D eigenvalue weighted by Crippen LogP contribution is -2.44. The molecule has 1 N–H and O–H groups in total. The first kappa shape index (κ1) is 14.3. The number of hydrogen-bond donors (Lipinski definition) is 1. The summed E-state index contributed by atoms with van der Waals surface area (Å²) in [6.07, 6.45) is 2.97. The van der Waals surface area contributed by atoms with Crippen LogP contribution in [0.5, 0.6) is 0 Å². The molecule has 6 nitrogen and oxygen atoms in total. The van der Waals surface area contributed by atoms with Gasteiger partial charge in [-0.1, -0.05) is 0 Å². The Morgan fingerprint density at radius 1 is 1.38 bits per heavy atom. The first-order valence-corrected chi connectivity index (χ1v) is 7.25. The van der Waals surface area contributed by atoms with Crippen LogP contribution in [-0.4, -0.2) is 67.5 Å². The summed E-state index contributed by atoms with van der Waals surface area (Å²) < 4.78 is 10.7. The molecule has 3 heterocycles. The van der Waals surface area contributed by atoms with Crippen molar-refractivity contribution >= 4 is 16.8 Å². The molecule has 0 bridgehead atoms. The van der Waals surface area contributed by atoms with Crippen molar-refractivity contribution in [1.82, 2.24) is 9.88 Å². The third kappa shape index (κ3) is 3.34. The standard InChI is InChI=1S/C15H21N3O3/c1-17(10-12(19)11-18-5-8-20-9-6-18)15-13-3-7-21-14(13)2-4-16-15/h2-4,7,12,19H,5-6,8-11H2,1H3/t12-/m0/s1. The Kier molecular flexibility index (Phi) is 4.38. The van der Waals surface area contributed by atoms with Gasteiger partial charge in [0, 0.05) is 39.4 Å². The molecule has 0 unspecified atom stereocenters. The Morgan fingerprint density at radius 3 is 3.00 bits per heavy atom. The fraction of sp³-hybridized carbons (Fsp3) is 0.533. The second-order valence-corrected chi connectivity index (χ2v) is 5.41. The minimum atomic E-state index is -0.419. The number of furan rings is 1. The SMILES string of the molecule is CN(C[C@H](O)CN1CCOCC1)c1nccc2occc12. The van der Waals surface area contributed by atoms with Crippen molar-refractivity contribution in [3.63, 3.8) is 0 Å². The smallest absolute Gasteiger partial charge is 0.139 e. The Morgan fingerprint density at radius 2 is 2.19 bits per heavy atom. The summed E-state index contributed by atoms with van der Waals surface area (Å²) in [4.78, 5) is 8.61. The molecule has 2 aromatic heterocycles. The summed E-state index contributed by atoms with van der Waals surface area (Å²) in [6, 6.07) is 3.75. The highest BCUT2D eigenvalue weighted by Gasteiger charge is 2.18. The van der Waals surface area contributed by atoms with Gasteiger partial charge < -0.3 is 19.2 Å². The van der Waals surface area contributed by atoms with E-state index in [1.54, 1.807) is 12.5 Å². The molecule has 0 aromatic carbocycles. The fourth-order valence-corrected chi connectivity index (χ4v) is 2.73. The van der Waals surface area contributed by atoms with Gasteiger partial charge in [0.1, 0.15) is 11.4 Å². The molecular formula is C15H21N3O3. The van der Waals surface area contributed by atoms with E-state index in [0.717, 1.165) is 43.1 Å². The third-order valence-corrected chi connectivity index (χ3v) is 3.78. The van der Waals surface area contributed by atoms with Crippen LogP contribution in [0.4, 0.5) is 5.82 Å². The van der Waals surface area contributed by atoms with Gasteiger partial charge in [0.25, 0.3) is 0 Å². The molecule has 6 heteroatoms. The van der Waals surface area contributed by atoms with Crippen molar-refractivity contribution < 1.29 is 14.3 Å². The summed E-state index contributed by atoms with van der Waals surface area (Å²) in [5, 5.41) is 11.3. The molecule has 3 rings (SSSR count). The quantitative estimate of drug-likeness (QED) is 0.885. The lowest BCUT2D eigenvalue weighted by atomic mass is 10.2. The fourth-order valence-electron chi connectivity index (χ4n) is 2.73. The van der Waals surface area contributed by atoms with E-state index < -0.39 is 6.10 Å². The predicted molar refractivity (Wildman–Crippen MR) is 80.5 cm³/mol. The number of aromatic nitrogens is 1. The Hall–Kier alpha value is -1.63. The van der Waals surface area contributed by atoms with Crippen LogP contribution in [0.3, 0.4) is 0 Å². The van der Waals surface area contributed by atoms with Crippen molar-refractivity contribution in [2.75, 3.05) is 51.3 Å². The highest BCUT2D eigenvalue weighted by Crippen LogP contribution is 2.24. The van der Waals surface area contributed by atoms with E-state index in [1.807, 2.05) is 24.1 Å². The van der Waals surface area contributed by atoms with Crippen LogP contribution < -0.4 is 4.90 Å². The van der Waals surface area contributed by atoms with E-state index in [2.05, 4.69) is 9.88 Å². The molecule has 21 heavy (non-hydrogen) atoms. The molecule has 0 saturated carbocycles. The van der Waals surface area contributed by atoms with Gasteiger partial charge in [-0.05, 0) is 12.1 Å². The number of β-amino-alcohol motifs (C(OH)–C–C–N with tert-alkyl or cyclic N) is 1. The van der Waals surface area contributed by atoms with Gasteiger partial charge >= 0.3 is 0 Å². The number of ether oxygens (including phenoxy) is 1. The average molecular weight is 291 g/mol. The molecule has 2 aromatic rings. The topological polar surface area (TPSA) is 62.0 Å². The summed E-state index contributed by atoms with van der Waals surface area (Å²) in [5.41, 5.74) is 0.814. The largest absolute Gasteiger partial charge is 0.464 e. The minimum Gasteiger partial charge on any atom is -0.464 e.